The second-order valence-corrected chi connectivity index (χ2v) is 5.52. The van der Waals surface area contributed by atoms with E-state index in [0.29, 0.717) is 18.0 Å². The Labute approximate surface area is 120 Å². The maximum atomic E-state index is 12.1. The Hall–Kier alpha value is -1.75. The second-order valence-electron chi connectivity index (χ2n) is 5.52. The van der Waals surface area contributed by atoms with Gasteiger partial charge in [-0.1, -0.05) is 0 Å². The molecule has 0 radical (unpaired) electrons. The van der Waals surface area contributed by atoms with E-state index in [9.17, 15) is 4.79 Å². The molecule has 0 aliphatic heterocycles. The molecule has 1 aromatic carbocycles. The van der Waals surface area contributed by atoms with Crippen molar-refractivity contribution >= 4 is 5.91 Å². The number of hydrogen-bond acceptors (Lipinski definition) is 4. The van der Waals surface area contributed by atoms with Gasteiger partial charge in [0, 0.05) is 13.6 Å². The first-order valence-electron chi connectivity index (χ1n) is 6.46. The van der Waals surface area contributed by atoms with Crippen molar-refractivity contribution in [3.8, 4) is 11.5 Å². The summed E-state index contributed by atoms with van der Waals surface area (Å²) in [6, 6.07) is 3.79. The minimum absolute atomic E-state index is 0.105. The molecule has 0 saturated carbocycles. The normalized spacial score (nSPS) is 11.2. The Balaban J connectivity index is 3.01. The summed E-state index contributed by atoms with van der Waals surface area (Å²) >= 11 is 0. The third-order valence-corrected chi connectivity index (χ3v) is 3.15. The number of rotatable bonds is 5. The van der Waals surface area contributed by atoms with E-state index >= 15 is 0 Å². The molecule has 0 unspecified atom stereocenters. The fraction of sp³-hybridized carbons (Fsp3) is 0.533. The van der Waals surface area contributed by atoms with Gasteiger partial charge >= 0.3 is 0 Å². The molecule has 0 heterocycles. The van der Waals surface area contributed by atoms with Gasteiger partial charge in [-0.2, -0.15) is 0 Å². The Morgan fingerprint density at radius 1 is 1.25 bits per heavy atom. The molecule has 1 aromatic rings. The van der Waals surface area contributed by atoms with Crippen LogP contribution < -0.4 is 15.2 Å². The van der Waals surface area contributed by atoms with Gasteiger partial charge in [0.15, 0.2) is 11.5 Å². The van der Waals surface area contributed by atoms with Crippen molar-refractivity contribution in [1.82, 2.24) is 4.90 Å². The molecule has 1 rings (SSSR count). The lowest BCUT2D eigenvalue weighted by molar-refractivity contribution is -0.135. The van der Waals surface area contributed by atoms with E-state index in [0.717, 1.165) is 11.1 Å². The molecule has 20 heavy (non-hydrogen) atoms. The van der Waals surface area contributed by atoms with E-state index in [-0.39, 0.29) is 5.91 Å². The van der Waals surface area contributed by atoms with Gasteiger partial charge in [0.25, 0.3) is 0 Å². The van der Waals surface area contributed by atoms with Gasteiger partial charge in [-0.3, -0.25) is 4.79 Å². The topological polar surface area (TPSA) is 64.8 Å². The molecule has 0 aliphatic carbocycles. The summed E-state index contributed by atoms with van der Waals surface area (Å²) in [6.45, 7) is 5.86. The van der Waals surface area contributed by atoms with E-state index in [1.165, 1.54) is 0 Å². The summed E-state index contributed by atoms with van der Waals surface area (Å²) in [5.74, 6) is 1.23. The summed E-state index contributed by atoms with van der Waals surface area (Å²) in [7, 11) is 4.94. The number of aryl methyl sites for hydroxylation is 1. The average molecular weight is 280 g/mol. The Morgan fingerprint density at radius 2 is 1.75 bits per heavy atom. The van der Waals surface area contributed by atoms with E-state index in [1.54, 1.807) is 40.0 Å². The number of methoxy groups -OCH3 is 2. The molecule has 0 atom stereocenters. The smallest absolute Gasteiger partial charge is 0.242 e. The maximum Gasteiger partial charge on any atom is 0.242 e. The van der Waals surface area contributed by atoms with Crippen molar-refractivity contribution in [2.45, 2.75) is 32.9 Å². The highest BCUT2D eigenvalue weighted by atomic mass is 16.5. The molecule has 5 heteroatoms. The van der Waals surface area contributed by atoms with Gasteiger partial charge < -0.3 is 20.1 Å². The number of benzene rings is 1. The molecule has 0 aliphatic rings. The average Bonchev–Trinajstić information content (AvgIpc) is 2.38. The van der Waals surface area contributed by atoms with Crippen molar-refractivity contribution in [2.75, 3.05) is 21.3 Å². The highest BCUT2D eigenvalue weighted by Gasteiger charge is 2.26. The van der Waals surface area contributed by atoms with Crippen LogP contribution in [0.2, 0.25) is 0 Å². The number of likely N-dealkylation sites (N-methyl/N-ethyl adjacent to an activating group) is 1. The van der Waals surface area contributed by atoms with Gasteiger partial charge in [-0.25, -0.2) is 0 Å². The first-order valence-corrected chi connectivity index (χ1v) is 6.46. The van der Waals surface area contributed by atoms with Gasteiger partial charge in [0.2, 0.25) is 5.91 Å². The predicted octanol–water partition coefficient (Wildman–Crippen LogP) is 1.71. The molecule has 0 bridgehead atoms. The van der Waals surface area contributed by atoms with Crippen LogP contribution in [0.3, 0.4) is 0 Å². The highest BCUT2D eigenvalue weighted by Crippen LogP contribution is 2.30. The molecule has 0 fully saturated rings. The van der Waals surface area contributed by atoms with Crippen LogP contribution in [-0.4, -0.2) is 37.6 Å². The lowest BCUT2D eigenvalue weighted by atomic mass is 10.0. The monoisotopic (exact) mass is 280 g/mol. The molecule has 1 amide bonds. The summed E-state index contributed by atoms with van der Waals surface area (Å²) in [4.78, 5) is 13.7. The van der Waals surface area contributed by atoms with Crippen molar-refractivity contribution < 1.29 is 14.3 Å². The summed E-state index contributed by atoms with van der Waals surface area (Å²) < 4.78 is 10.5. The first-order chi connectivity index (χ1) is 9.20. The molecular formula is C15H24N2O3. The van der Waals surface area contributed by atoms with E-state index in [2.05, 4.69) is 0 Å². The number of hydrogen-bond donors (Lipinski definition) is 1. The molecule has 0 aromatic heterocycles. The van der Waals surface area contributed by atoms with E-state index in [1.807, 2.05) is 19.1 Å². The van der Waals surface area contributed by atoms with Crippen LogP contribution in [0.5, 0.6) is 11.5 Å². The van der Waals surface area contributed by atoms with E-state index < -0.39 is 5.54 Å². The number of nitrogens with zero attached hydrogens (tertiary/aromatic N) is 1. The first kappa shape index (κ1) is 16.3. The quantitative estimate of drug-likeness (QED) is 0.891. The Bertz CT molecular complexity index is 493. The van der Waals surface area contributed by atoms with Crippen molar-refractivity contribution in [2.24, 2.45) is 5.73 Å². The third kappa shape index (κ3) is 3.63. The van der Waals surface area contributed by atoms with Crippen molar-refractivity contribution in [1.29, 1.82) is 0 Å². The van der Waals surface area contributed by atoms with Crippen LogP contribution >= 0.6 is 0 Å². The summed E-state index contributed by atoms with van der Waals surface area (Å²) in [5.41, 5.74) is 7.00. The lowest BCUT2D eigenvalue weighted by Gasteiger charge is -2.26. The van der Waals surface area contributed by atoms with Crippen LogP contribution in [0, 0.1) is 6.92 Å². The van der Waals surface area contributed by atoms with Crippen LogP contribution in [-0.2, 0) is 11.3 Å². The highest BCUT2D eigenvalue weighted by molar-refractivity contribution is 5.85. The second kappa shape index (κ2) is 6.13. The number of amides is 1. The number of carbonyl (C=O) groups is 1. The third-order valence-electron chi connectivity index (χ3n) is 3.15. The van der Waals surface area contributed by atoms with Crippen LogP contribution in [0.4, 0.5) is 0 Å². The SMILES string of the molecule is COc1cc(C)c(CN(C)C(=O)C(C)(C)N)cc1OC. The van der Waals surface area contributed by atoms with Crippen LogP contribution in [0.15, 0.2) is 12.1 Å². The van der Waals surface area contributed by atoms with Crippen LogP contribution in [0.1, 0.15) is 25.0 Å². The van der Waals surface area contributed by atoms with Crippen molar-refractivity contribution in [3.63, 3.8) is 0 Å². The minimum atomic E-state index is -0.876. The minimum Gasteiger partial charge on any atom is -0.493 e. The van der Waals surface area contributed by atoms with Crippen molar-refractivity contribution in [3.05, 3.63) is 23.3 Å². The van der Waals surface area contributed by atoms with Gasteiger partial charge in [0.05, 0.1) is 19.8 Å². The number of carbonyl (C=O) groups excluding carboxylic acids is 1. The maximum absolute atomic E-state index is 12.1. The predicted molar refractivity (Wildman–Crippen MR) is 79.0 cm³/mol. The van der Waals surface area contributed by atoms with Gasteiger partial charge in [0.1, 0.15) is 0 Å². The van der Waals surface area contributed by atoms with Crippen LogP contribution in [0.25, 0.3) is 0 Å². The Morgan fingerprint density at radius 3 is 2.20 bits per heavy atom. The molecule has 5 nitrogen and oxygen atoms in total. The van der Waals surface area contributed by atoms with E-state index in [4.69, 9.17) is 15.2 Å². The Kier molecular flexibility index (Phi) is 5.00. The number of nitrogens with two attached hydrogens (primary N) is 1. The lowest BCUT2D eigenvalue weighted by Crippen LogP contribution is -2.49. The zero-order chi connectivity index (χ0) is 15.5. The zero-order valence-corrected chi connectivity index (χ0v) is 13.1. The molecular weight excluding hydrogens is 256 g/mol. The molecule has 0 spiro atoms. The summed E-state index contributed by atoms with van der Waals surface area (Å²) in [6.07, 6.45) is 0. The largest absolute Gasteiger partial charge is 0.493 e. The fourth-order valence-electron chi connectivity index (χ4n) is 2.01. The standard InChI is InChI=1S/C15H24N2O3/c1-10-7-12(19-5)13(20-6)8-11(10)9-17(4)14(18)15(2,3)16/h7-8H,9,16H2,1-6H3. The summed E-state index contributed by atoms with van der Waals surface area (Å²) in [5, 5.41) is 0. The number of ether oxygens (including phenoxy) is 2. The fourth-order valence-corrected chi connectivity index (χ4v) is 2.01. The van der Waals surface area contributed by atoms with Gasteiger partial charge in [-0.15, -0.1) is 0 Å². The molecule has 2 N–H and O–H groups in total. The molecule has 112 valence electrons. The zero-order valence-electron chi connectivity index (χ0n) is 13.1. The molecule has 0 saturated heterocycles. The van der Waals surface area contributed by atoms with Gasteiger partial charge in [-0.05, 0) is 44.0 Å².